The highest BCUT2D eigenvalue weighted by Gasteiger charge is 2.05. The first-order chi connectivity index (χ1) is 8.36. The molecule has 3 rings (SSSR count). The van der Waals surface area contributed by atoms with Crippen LogP contribution in [0.5, 0.6) is 0 Å². The predicted molar refractivity (Wildman–Crippen MR) is 69.0 cm³/mol. The lowest BCUT2D eigenvalue weighted by atomic mass is 10.1. The molecule has 0 atom stereocenters. The fourth-order valence-corrected chi connectivity index (χ4v) is 1.84. The van der Waals surface area contributed by atoms with Crippen molar-refractivity contribution in [3.05, 3.63) is 48.5 Å². The molecule has 0 spiro atoms. The van der Waals surface area contributed by atoms with Gasteiger partial charge in [0.1, 0.15) is 5.52 Å². The largest absolute Gasteiger partial charge is 0.424 e. The topological polar surface area (TPSA) is 38.1 Å². The van der Waals surface area contributed by atoms with Gasteiger partial charge in [0, 0.05) is 7.05 Å². The summed E-state index contributed by atoms with van der Waals surface area (Å²) in [6.45, 7) is 0. The van der Waals surface area contributed by atoms with Crippen molar-refractivity contribution in [3.63, 3.8) is 0 Å². The molecular weight excluding hydrogens is 212 g/mol. The maximum atomic E-state index is 5.49. The fourth-order valence-electron chi connectivity index (χ4n) is 1.84. The van der Waals surface area contributed by atoms with Crippen LogP contribution < -0.4 is 5.32 Å². The van der Waals surface area contributed by atoms with E-state index in [2.05, 4.69) is 22.4 Å². The maximum Gasteiger partial charge on any atom is 0.295 e. The van der Waals surface area contributed by atoms with Crippen LogP contribution in [0.2, 0.25) is 0 Å². The third-order valence-corrected chi connectivity index (χ3v) is 2.71. The van der Waals surface area contributed by atoms with Gasteiger partial charge in [-0.15, -0.1) is 0 Å². The van der Waals surface area contributed by atoms with Gasteiger partial charge in [0.05, 0.1) is 0 Å². The summed E-state index contributed by atoms with van der Waals surface area (Å²) in [6.07, 6.45) is 0. The number of hydrogen-bond acceptors (Lipinski definition) is 3. The number of aromatic nitrogens is 1. The van der Waals surface area contributed by atoms with Gasteiger partial charge in [0.25, 0.3) is 6.01 Å². The molecule has 3 aromatic rings. The standard InChI is InChI=1S/C14H12N2O/c1-15-14-16-12-9-11(7-8-13(12)17-14)10-5-3-2-4-6-10/h2-9H,1H3,(H,15,16). The van der Waals surface area contributed by atoms with Crippen LogP contribution in [-0.2, 0) is 0 Å². The molecule has 0 saturated carbocycles. The Hall–Kier alpha value is -2.29. The Labute approximate surface area is 99.1 Å². The molecule has 0 aliphatic rings. The van der Waals surface area contributed by atoms with E-state index in [1.165, 1.54) is 5.56 Å². The van der Waals surface area contributed by atoms with E-state index < -0.39 is 0 Å². The Morgan fingerprint density at radius 3 is 2.59 bits per heavy atom. The first-order valence-corrected chi connectivity index (χ1v) is 5.50. The lowest BCUT2D eigenvalue weighted by molar-refractivity contribution is 0.620. The number of nitrogens with one attached hydrogen (secondary N) is 1. The Morgan fingerprint density at radius 1 is 1.00 bits per heavy atom. The molecule has 0 radical (unpaired) electrons. The highest BCUT2D eigenvalue weighted by molar-refractivity contribution is 5.81. The number of rotatable bonds is 2. The highest BCUT2D eigenvalue weighted by Crippen LogP contribution is 2.25. The van der Waals surface area contributed by atoms with Crippen molar-refractivity contribution in [2.75, 3.05) is 12.4 Å². The average molecular weight is 224 g/mol. The van der Waals surface area contributed by atoms with Crippen LogP contribution in [0.1, 0.15) is 0 Å². The SMILES string of the molecule is CNc1nc2cc(-c3ccccc3)ccc2o1. The zero-order valence-corrected chi connectivity index (χ0v) is 9.47. The molecule has 0 saturated heterocycles. The van der Waals surface area contributed by atoms with Gasteiger partial charge in [-0.2, -0.15) is 4.98 Å². The van der Waals surface area contributed by atoms with Crippen LogP contribution in [0.15, 0.2) is 52.9 Å². The summed E-state index contributed by atoms with van der Waals surface area (Å²) < 4.78 is 5.49. The van der Waals surface area contributed by atoms with E-state index in [1.54, 1.807) is 7.05 Å². The average Bonchev–Trinajstić information content (AvgIpc) is 2.81. The smallest absolute Gasteiger partial charge is 0.295 e. The van der Waals surface area contributed by atoms with Gasteiger partial charge in [-0.25, -0.2) is 0 Å². The molecule has 84 valence electrons. The normalized spacial score (nSPS) is 10.6. The summed E-state index contributed by atoms with van der Waals surface area (Å²) in [4.78, 5) is 4.34. The lowest BCUT2D eigenvalue weighted by Crippen LogP contribution is -1.85. The second-order valence-electron chi connectivity index (χ2n) is 3.82. The number of nitrogens with zero attached hydrogens (tertiary/aromatic N) is 1. The first-order valence-electron chi connectivity index (χ1n) is 5.50. The van der Waals surface area contributed by atoms with Crippen LogP contribution in [0.25, 0.3) is 22.2 Å². The van der Waals surface area contributed by atoms with Crippen LogP contribution in [-0.4, -0.2) is 12.0 Å². The second kappa shape index (κ2) is 3.94. The number of hydrogen-bond donors (Lipinski definition) is 1. The fraction of sp³-hybridized carbons (Fsp3) is 0.0714. The van der Waals surface area contributed by atoms with E-state index in [9.17, 15) is 0 Å². The van der Waals surface area contributed by atoms with Crippen molar-refractivity contribution in [3.8, 4) is 11.1 Å². The quantitative estimate of drug-likeness (QED) is 0.723. The number of benzene rings is 2. The van der Waals surface area contributed by atoms with Gasteiger partial charge in [0.15, 0.2) is 5.58 Å². The van der Waals surface area contributed by atoms with Crippen molar-refractivity contribution in [1.82, 2.24) is 4.98 Å². The molecule has 1 aromatic heterocycles. The Bertz CT molecular complexity index is 644. The van der Waals surface area contributed by atoms with E-state index in [0.29, 0.717) is 6.01 Å². The molecule has 3 heteroatoms. The summed E-state index contributed by atoms with van der Waals surface area (Å²) in [5, 5.41) is 2.90. The van der Waals surface area contributed by atoms with Gasteiger partial charge in [-0.3, -0.25) is 0 Å². The van der Waals surface area contributed by atoms with E-state index in [1.807, 2.05) is 36.4 Å². The van der Waals surface area contributed by atoms with Gasteiger partial charge in [-0.05, 0) is 23.3 Å². The molecule has 3 nitrogen and oxygen atoms in total. The van der Waals surface area contributed by atoms with Gasteiger partial charge in [0.2, 0.25) is 0 Å². The molecule has 1 N–H and O–H groups in total. The summed E-state index contributed by atoms with van der Waals surface area (Å²) in [7, 11) is 1.79. The molecule has 0 bridgehead atoms. The van der Waals surface area contributed by atoms with E-state index in [4.69, 9.17) is 4.42 Å². The molecule has 0 unspecified atom stereocenters. The number of fused-ring (bicyclic) bond motifs is 1. The summed E-state index contributed by atoms with van der Waals surface area (Å²) >= 11 is 0. The molecular formula is C14H12N2O. The van der Waals surface area contributed by atoms with E-state index >= 15 is 0 Å². The predicted octanol–water partition coefficient (Wildman–Crippen LogP) is 3.54. The van der Waals surface area contributed by atoms with Crippen LogP contribution in [0, 0.1) is 0 Å². The molecule has 0 aliphatic carbocycles. The minimum Gasteiger partial charge on any atom is -0.424 e. The summed E-state index contributed by atoms with van der Waals surface area (Å²) in [5.74, 6) is 0. The van der Waals surface area contributed by atoms with Crippen molar-refractivity contribution >= 4 is 17.1 Å². The zero-order chi connectivity index (χ0) is 11.7. The molecule has 0 aliphatic heterocycles. The minimum atomic E-state index is 0.546. The highest BCUT2D eigenvalue weighted by atomic mass is 16.4. The summed E-state index contributed by atoms with van der Waals surface area (Å²) in [5.41, 5.74) is 4.00. The Morgan fingerprint density at radius 2 is 1.82 bits per heavy atom. The molecule has 17 heavy (non-hydrogen) atoms. The third kappa shape index (κ3) is 1.76. The maximum absolute atomic E-state index is 5.49. The monoisotopic (exact) mass is 224 g/mol. The van der Waals surface area contributed by atoms with Gasteiger partial charge < -0.3 is 9.73 Å². The number of oxazole rings is 1. The molecule has 0 amide bonds. The minimum absolute atomic E-state index is 0.546. The molecule has 1 heterocycles. The van der Waals surface area contributed by atoms with Crippen molar-refractivity contribution < 1.29 is 4.42 Å². The van der Waals surface area contributed by atoms with E-state index in [0.717, 1.165) is 16.7 Å². The molecule has 2 aromatic carbocycles. The van der Waals surface area contributed by atoms with Crippen molar-refractivity contribution in [2.24, 2.45) is 0 Å². The van der Waals surface area contributed by atoms with Crippen LogP contribution in [0.3, 0.4) is 0 Å². The second-order valence-corrected chi connectivity index (χ2v) is 3.82. The summed E-state index contributed by atoms with van der Waals surface area (Å²) in [6, 6.07) is 16.8. The van der Waals surface area contributed by atoms with Gasteiger partial charge in [-0.1, -0.05) is 36.4 Å². The first kappa shape index (κ1) is 9.90. The molecule has 0 fully saturated rings. The third-order valence-electron chi connectivity index (χ3n) is 2.71. The van der Waals surface area contributed by atoms with Crippen LogP contribution >= 0.6 is 0 Å². The van der Waals surface area contributed by atoms with E-state index in [-0.39, 0.29) is 0 Å². The lowest BCUT2D eigenvalue weighted by Gasteiger charge is -1.99. The van der Waals surface area contributed by atoms with Crippen molar-refractivity contribution in [2.45, 2.75) is 0 Å². The van der Waals surface area contributed by atoms with Gasteiger partial charge >= 0.3 is 0 Å². The van der Waals surface area contributed by atoms with Crippen molar-refractivity contribution in [1.29, 1.82) is 0 Å². The Kier molecular flexibility index (Phi) is 2.29. The van der Waals surface area contributed by atoms with Crippen LogP contribution in [0.4, 0.5) is 6.01 Å². The zero-order valence-electron chi connectivity index (χ0n) is 9.47. The Balaban J connectivity index is 2.13. The number of anilines is 1.